The zero-order valence-corrected chi connectivity index (χ0v) is 12.1. The molecule has 0 aromatic carbocycles. The Morgan fingerprint density at radius 3 is 2.28 bits per heavy atom. The van der Waals surface area contributed by atoms with Gasteiger partial charge in [0.2, 0.25) is 5.91 Å². The van der Waals surface area contributed by atoms with Gasteiger partial charge >= 0.3 is 0 Å². The maximum Gasteiger partial charge on any atom is 0.224 e. The first-order valence-electron chi connectivity index (χ1n) is 6.84. The number of carbonyl (C=O) groups is 1. The minimum atomic E-state index is -0.0258. The van der Waals surface area contributed by atoms with E-state index < -0.39 is 0 Å². The van der Waals surface area contributed by atoms with Crippen LogP contribution in [0.25, 0.3) is 0 Å². The van der Waals surface area contributed by atoms with Gasteiger partial charge in [0.1, 0.15) is 0 Å². The molecule has 3 atom stereocenters. The second kappa shape index (κ2) is 9.30. The summed E-state index contributed by atoms with van der Waals surface area (Å²) in [5, 5.41) is 12.4. The molecule has 0 rings (SSSR count). The average molecular weight is 259 g/mol. The van der Waals surface area contributed by atoms with Crippen molar-refractivity contribution in [3.63, 3.8) is 0 Å². The van der Waals surface area contributed by atoms with Gasteiger partial charge in [0.25, 0.3) is 0 Å². The molecular weight excluding hydrogens is 230 g/mol. The number of aliphatic hydroxyl groups is 1. The summed E-state index contributed by atoms with van der Waals surface area (Å²) in [4.78, 5) is 13.8. The molecule has 0 fully saturated rings. The Morgan fingerprint density at radius 1 is 1.33 bits per heavy atom. The first-order valence-corrected chi connectivity index (χ1v) is 6.84. The van der Waals surface area contributed by atoms with Crippen LogP contribution in [0.4, 0.5) is 0 Å². The molecule has 0 radical (unpaired) electrons. The van der Waals surface area contributed by atoms with Crippen molar-refractivity contribution in [2.75, 3.05) is 26.2 Å². The summed E-state index contributed by atoms with van der Waals surface area (Å²) in [7, 11) is 0. The molecule has 0 aliphatic rings. The lowest BCUT2D eigenvalue weighted by Gasteiger charge is -2.27. The van der Waals surface area contributed by atoms with Crippen LogP contribution in [0.5, 0.6) is 0 Å². The van der Waals surface area contributed by atoms with Gasteiger partial charge in [-0.05, 0) is 26.7 Å². The number of nitrogens with zero attached hydrogens (tertiary/aromatic N) is 1. The molecule has 0 aliphatic carbocycles. The Kier molecular flexibility index (Phi) is 8.97. The minimum absolute atomic E-state index is 0.0258. The number of rotatable bonds is 9. The summed E-state index contributed by atoms with van der Waals surface area (Å²) in [6.45, 7) is 9.95. The maximum absolute atomic E-state index is 12.0. The van der Waals surface area contributed by atoms with E-state index >= 15 is 0 Å². The van der Waals surface area contributed by atoms with E-state index in [2.05, 4.69) is 5.32 Å². The van der Waals surface area contributed by atoms with Gasteiger partial charge < -0.3 is 21.1 Å². The van der Waals surface area contributed by atoms with E-state index in [1.54, 1.807) is 0 Å². The molecule has 0 saturated heterocycles. The zero-order valence-electron chi connectivity index (χ0n) is 12.1. The van der Waals surface area contributed by atoms with E-state index in [9.17, 15) is 4.79 Å². The van der Waals surface area contributed by atoms with Gasteiger partial charge in [-0.25, -0.2) is 0 Å². The molecule has 108 valence electrons. The second-order valence-corrected chi connectivity index (χ2v) is 4.82. The summed E-state index contributed by atoms with van der Waals surface area (Å²) in [6.07, 6.45) is 0.417. The lowest BCUT2D eigenvalue weighted by molar-refractivity contribution is -0.131. The molecule has 0 bridgehead atoms. The Labute approximate surface area is 111 Å². The summed E-state index contributed by atoms with van der Waals surface area (Å²) in [5.41, 5.74) is 5.70. The largest absolute Gasteiger partial charge is 0.396 e. The van der Waals surface area contributed by atoms with Crippen LogP contribution in [-0.4, -0.2) is 54.2 Å². The lowest BCUT2D eigenvalue weighted by Crippen LogP contribution is -2.47. The van der Waals surface area contributed by atoms with Crippen molar-refractivity contribution in [3.8, 4) is 0 Å². The highest BCUT2D eigenvalue weighted by Crippen LogP contribution is 2.05. The van der Waals surface area contributed by atoms with Gasteiger partial charge in [-0.1, -0.05) is 6.92 Å². The van der Waals surface area contributed by atoms with Crippen molar-refractivity contribution in [2.45, 2.75) is 46.2 Å². The number of hydrogen-bond donors (Lipinski definition) is 3. The van der Waals surface area contributed by atoms with Crippen molar-refractivity contribution in [1.82, 2.24) is 10.2 Å². The normalized spacial score (nSPS) is 16.1. The summed E-state index contributed by atoms with van der Waals surface area (Å²) < 4.78 is 0. The fraction of sp³-hybridized carbons (Fsp3) is 0.923. The third kappa shape index (κ3) is 5.80. The van der Waals surface area contributed by atoms with E-state index in [0.717, 1.165) is 13.1 Å². The van der Waals surface area contributed by atoms with Crippen LogP contribution >= 0.6 is 0 Å². The third-order valence-corrected chi connectivity index (χ3v) is 3.46. The highest BCUT2D eigenvalue weighted by Gasteiger charge is 2.20. The fourth-order valence-electron chi connectivity index (χ4n) is 1.82. The molecule has 0 aromatic heterocycles. The van der Waals surface area contributed by atoms with Crippen LogP contribution in [0.2, 0.25) is 0 Å². The Bertz CT molecular complexity index is 232. The number of nitrogens with one attached hydrogen (secondary N) is 1. The lowest BCUT2D eigenvalue weighted by atomic mass is 10.0. The Morgan fingerprint density at radius 2 is 1.89 bits per heavy atom. The molecule has 0 aliphatic heterocycles. The van der Waals surface area contributed by atoms with E-state index in [-0.39, 0.29) is 30.5 Å². The van der Waals surface area contributed by atoms with E-state index in [1.165, 1.54) is 0 Å². The second-order valence-electron chi connectivity index (χ2n) is 4.82. The predicted octanol–water partition coefficient (Wildman–Crippen LogP) is 0.179. The van der Waals surface area contributed by atoms with E-state index in [4.69, 9.17) is 10.8 Å². The highest BCUT2D eigenvalue weighted by molar-refractivity contribution is 5.76. The molecular formula is C13H29N3O2. The summed E-state index contributed by atoms with van der Waals surface area (Å²) in [5.74, 6) is 0.286. The van der Waals surface area contributed by atoms with Crippen LogP contribution in [0.1, 0.15) is 34.1 Å². The van der Waals surface area contributed by atoms with Gasteiger partial charge in [0.05, 0.1) is 0 Å². The van der Waals surface area contributed by atoms with Crippen LogP contribution < -0.4 is 11.1 Å². The molecule has 0 aromatic rings. The van der Waals surface area contributed by atoms with Crippen LogP contribution in [-0.2, 0) is 4.79 Å². The van der Waals surface area contributed by atoms with Gasteiger partial charge in [0, 0.05) is 44.7 Å². The van der Waals surface area contributed by atoms with Crippen molar-refractivity contribution in [3.05, 3.63) is 0 Å². The van der Waals surface area contributed by atoms with Gasteiger partial charge in [-0.3, -0.25) is 4.79 Å². The number of carbonyl (C=O) groups excluding carboxylic acids is 1. The van der Waals surface area contributed by atoms with E-state index in [0.29, 0.717) is 13.0 Å². The summed E-state index contributed by atoms with van der Waals surface area (Å²) >= 11 is 0. The molecule has 0 heterocycles. The maximum atomic E-state index is 12.0. The smallest absolute Gasteiger partial charge is 0.224 e. The first kappa shape index (κ1) is 17.4. The van der Waals surface area contributed by atoms with Crippen LogP contribution in [0.15, 0.2) is 0 Å². The van der Waals surface area contributed by atoms with Crippen LogP contribution in [0.3, 0.4) is 0 Å². The summed E-state index contributed by atoms with van der Waals surface area (Å²) in [6, 6.07) is 0.121. The van der Waals surface area contributed by atoms with Gasteiger partial charge in [-0.15, -0.1) is 0 Å². The van der Waals surface area contributed by atoms with Crippen molar-refractivity contribution in [2.24, 2.45) is 11.7 Å². The minimum Gasteiger partial charge on any atom is -0.396 e. The van der Waals surface area contributed by atoms with Crippen molar-refractivity contribution >= 4 is 5.91 Å². The molecule has 1 amide bonds. The van der Waals surface area contributed by atoms with Crippen molar-refractivity contribution < 1.29 is 9.90 Å². The Hall–Kier alpha value is -0.650. The molecule has 18 heavy (non-hydrogen) atoms. The molecule has 0 saturated carbocycles. The number of hydrogen-bond acceptors (Lipinski definition) is 4. The Balaban J connectivity index is 4.30. The zero-order chi connectivity index (χ0) is 14.1. The molecule has 5 nitrogen and oxygen atoms in total. The molecule has 5 heteroatoms. The number of nitrogens with two attached hydrogens (primary N) is 1. The SMILES string of the molecule is CCN(CC)C(=O)CC(CN)NC(C)C(C)CO. The standard InChI is InChI=1S/C13H29N3O2/c1-5-16(6-2)13(18)7-12(8-14)15-11(4)10(3)9-17/h10-12,15,17H,5-9,14H2,1-4H3. The first-order chi connectivity index (χ1) is 8.49. The predicted molar refractivity (Wildman–Crippen MR) is 74.2 cm³/mol. The van der Waals surface area contributed by atoms with Gasteiger partial charge in [0.15, 0.2) is 0 Å². The monoisotopic (exact) mass is 259 g/mol. The number of amides is 1. The quantitative estimate of drug-likeness (QED) is 0.552. The topological polar surface area (TPSA) is 78.6 Å². The average Bonchev–Trinajstić information content (AvgIpc) is 2.38. The molecule has 4 N–H and O–H groups in total. The highest BCUT2D eigenvalue weighted by atomic mass is 16.3. The van der Waals surface area contributed by atoms with E-state index in [1.807, 2.05) is 32.6 Å². The van der Waals surface area contributed by atoms with Crippen LogP contribution in [0, 0.1) is 5.92 Å². The molecule has 3 unspecified atom stereocenters. The van der Waals surface area contributed by atoms with Crippen molar-refractivity contribution in [1.29, 1.82) is 0 Å². The fourth-order valence-corrected chi connectivity index (χ4v) is 1.82. The number of aliphatic hydroxyl groups excluding tert-OH is 1. The third-order valence-electron chi connectivity index (χ3n) is 3.46. The van der Waals surface area contributed by atoms with Gasteiger partial charge in [-0.2, -0.15) is 0 Å². The molecule has 0 spiro atoms.